The van der Waals surface area contributed by atoms with E-state index in [9.17, 15) is 13.6 Å². The maximum atomic E-state index is 12.6. The molecule has 2 rings (SSSR count). The van der Waals surface area contributed by atoms with Gasteiger partial charge >= 0.3 is 6.29 Å². The van der Waals surface area contributed by atoms with Crippen LogP contribution < -0.4 is 15.2 Å². The highest BCUT2D eigenvalue weighted by Crippen LogP contribution is 2.40. The van der Waals surface area contributed by atoms with E-state index >= 15 is 0 Å². The number of alkyl halides is 2. The van der Waals surface area contributed by atoms with E-state index < -0.39 is 12.2 Å². The molecule has 0 radical (unpaired) electrons. The Morgan fingerprint density at radius 3 is 2.69 bits per heavy atom. The molecule has 0 aliphatic carbocycles. The fraction of sp³-hybridized carbons (Fsp3) is 0.100. The molecule has 4 nitrogen and oxygen atoms in total. The van der Waals surface area contributed by atoms with E-state index in [2.05, 4.69) is 21.3 Å². The second kappa shape index (κ2) is 3.38. The number of halogens is 2. The standard InChI is InChI=1S/C10H5F2NO3/c11-10(12)15-7-3-1-6(2-4-9(13)14)5-8(7)16-10/h1,3,5H,(H2,13,14). The number of carbonyl (C=O) groups is 1. The van der Waals surface area contributed by atoms with Crippen molar-refractivity contribution >= 4 is 5.91 Å². The van der Waals surface area contributed by atoms with Crippen LogP contribution in [0, 0.1) is 11.8 Å². The fourth-order valence-corrected chi connectivity index (χ4v) is 1.16. The van der Waals surface area contributed by atoms with Crippen LogP contribution in [-0.4, -0.2) is 12.2 Å². The number of carbonyl (C=O) groups excluding carboxylic acids is 1. The summed E-state index contributed by atoms with van der Waals surface area (Å²) in [6.07, 6.45) is -3.65. The van der Waals surface area contributed by atoms with Crippen molar-refractivity contribution in [2.75, 3.05) is 0 Å². The van der Waals surface area contributed by atoms with Gasteiger partial charge in [0.05, 0.1) is 0 Å². The van der Waals surface area contributed by atoms with Gasteiger partial charge in [-0.3, -0.25) is 4.79 Å². The lowest BCUT2D eigenvalue weighted by Gasteiger charge is -2.04. The van der Waals surface area contributed by atoms with Gasteiger partial charge in [0.25, 0.3) is 5.91 Å². The van der Waals surface area contributed by atoms with Crippen LogP contribution >= 0.6 is 0 Å². The van der Waals surface area contributed by atoms with E-state index in [-0.39, 0.29) is 11.5 Å². The van der Waals surface area contributed by atoms with Crippen molar-refractivity contribution in [3.8, 4) is 23.3 Å². The summed E-state index contributed by atoms with van der Waals surface area (Å²) in [4.78, 5) is 10.4. The number of ether oxygens (including phenoxy) is 2. The number of rotatable bonds is 0. The number of amides is 1. The SMILES string of the molecule is NC(=O)C#Cc1ccc2c(c1)OC(F)(F)O2. The molecule has 0 fully saturated rings. The largest absolute Gasteiger partial charge is 0.586 e. The summed E-state index contributed by atoms with van der Waals surface area (Å²) in [5.74, 6) is 3.47. The third-order valence-corrected chi connectivity index (χ3v) is 1.73. The Hall–Kier alpha value is -2.29. The molecule has 16 heavy (non-hydrogen) atoms. The van der Waals surface area contributed by atoms with Gasteiger partial charge < -0.3 is 15.2 Å². The topological polar surface area (TPSA) is 61.6 Å². The van der Waals surface area contributed by atoms with E-state index in [1.54, 1.807) is 0 Å². The van der Waals surface area contributed by atoms with Crippen molar-refractivity contribution in [2.45, 2.75) is 6.29 Å². The van der Waals surface area contributed by atoms with Gasteiger partial charge in [-0.05, 0) is 18.1 Å². The molecule has 0 saturated heterocycles. The second-order valence-electron chi connectivity index (χ2n) is 2.94. The Morgan fingerprint density at radius 1 is 1.31 bits per heavy atom. The van der Waals surface area contributed by atoms with Crippen LogP contribution in [-0.2, 0) is 4.79 Å². The molecule has 1 amide bonds. The number of nitrogens with two attached hydrogens (primary N) is 1. The van der Waals surface area contributed by atoms with Crippen molar-refractivity contribution in [1.29, 1.82) is 0 Å². The van der Waals surface area contributed by atoms with Gasteiger partial charge in [-0.2, -0.15) is 0 Å². The van der Waals surface area contributed by atoms with E-state index in [0.717, 1.165) is 0 Å². The van der Waals surface area contributed by atoms with Crippen LogP contribution in [0.3, 0.4) is 0 Å². The van der Waals surface area contributed by atoms with Gasteiger partial charge in [-0.25, -0.2) is 0 Å². The van der Waals surface area contributed by atoms with Gasteiger partial charge in [0.15, 0.2) is 11.5 Å². The molecule has 0 spiro atoms. The molecule has 6 heteroatoms. The van der Waals surface area contributed by atoms with Gasteiger partial charge in [0.2, 0.25) is 0 Å². The highest BCUT2D eigenvalue weighted by Gasteiger charge is 2.43. The predicted molar refractivity (Wildman–Crippen MR) is 48.7 cm³/mol. The molecule has 82 valence electrons. The maximum Gasteiger partial charge on any atom is 0.586 e. The molecule has 0 atom stereocenters. The maximum absolute atomic E-state index is 12.6. The van der Waals surface area contributed by atoms with Gasteiger partial charge in [-0.15, -0.1) is 8.78 Å². The van der Waals surface area contributed by atoms with Crippen molar-refractivity contribution < 1.29 is 23.0 Å². The lowest BCUT2D eigenvalue weighted by molar-refractivity contribution is -0.286. The average Bonchev–Trinajstić information content (AvgIpc) is 2.47. The van der Waals surface area contributed by atoms with Gasteiger partial charge in [0.1, 0.15) is 0 Å². The molecule has 0 saturated carbocycles. The van der Waals surface area contributed by atoms with Crippen LogP contribution in [0.2, 0.25) is 0 Å². The smallest absolute Gasteiger partial charge is 0.395 e. The van der Waals surface area contributed by atoms with Gasteiger partial charge in [0, 0.05) is 11.6 Å². The van der Waals surface area contributed by atoms with Crippen molar-refractivity contribution in [1.82, 2.24) is 0 Å². The minimum absolute atomic E-state index is 0.0744. The Bertz CT molecular complexity index is 517. The quantitative estimate of drug-likeness (QED) is 0.665. The zero-order valence-electron chi connectivity index (χ0n) is 7.79. The summed E-state index contributed by atoms with van der Waals surface area (Å²) in [7, 11) is 0. The minimum atomic E-state index is -3.65. The van der Waals surface area contributed by atoms with Crippen molar-refractivity contribution in [3.05, 3.63) is 23.8 Å². The molecule has 0 unspecified atom stereocenters. The zero-order chi connectivity index (χ0) is 11.8. The van der Waals surface area contributed by atoms with Crippen LogP contribution in [0.1, 0.15) is 5.56 Å². The Balaban J connectivity index is 2.30. The molecule has 0 aromatic heterocycles. The van der Waals surface area contributed by atoms with Gasteiger partial charge in [-0.1, -0.05) is 5.92 Å². The average molecular weight is 225 g/mol. The van der Waals surface area contributed by atoms with E-state index in [1.807, 2.05) is 0 Å². The monoisotopic (exact) mass is 225 g/mol. The summed E-state index contributed by atoms with van der Waals surface area (Å²) in [5, 5.41) is 0. The molecule has 1 aromatic rings. The summed E-state index contributed by atoms with van der Waals surface area (Å²) >= 11 is 0. The van der Waals surface area contributed by atoms with E-state index in [1.165, 1.54) is 18.2 Å². The zero-order valence-corrected chi connectivity index (χ0v) is 7.79. The molecule has 2 N–H and O–H groups in total. The summed E-state index contributed by atoms with van der Waals surface area (Å²) in [6.45, 7) is 0. The van der Waals surface area contributed by atoms with E-state index in [0.29, 0.717) is 5.56 Å². The number of fused-ring (bicyclic) bond motifs is 1. The molecule has 1 aromatic carbocycles. The Kier molecular flexibility index (Phi) is 2.16. The minimum Gasteiger partial charge on any atom is -0.395 e. The van der Waals surface area contributed by atoms with Crippen LogP contribution in [0.25, 0.3) is 0 Å². The first kappa shape index (κ1) is 10.2. The third kappa shape index (κ3) is 2.03. The van der Waals surface area contributed by atoms with Crippen molar-refractivity contribution in [2.24, 2.45) is 5.73 Å². The number of primary amides is 1. The third-order valence-electron chi connectivity index (χ3n) is 1.73. The molecular weight excluding hydrogens is 220 g/mol. The molecule has 1 heterocycles. The first-order chi connectivity index (χ1) is 7.46. The fourth-order valence-electron chi connectivity index (χ4n) is 1.16. The van der Waals surface area contributed by atoms with E-state index in [4.69, 9.17) is 5.73 Å². The summed E-state index contributed by atoms with van der Waals surface area (Å²) in [6, 6.07) is 3.94. The molecule has 1 aliphatic heterocycles. The highest BCUT2D eigenvalue weighted by molar-refractivity contribution is 5.92. The Morgan fingerprint density at radius 2 is 2.00 bits per heavy atom. The lowest BCUT2D eigenvalue weighted by atomic mass is 10.2. The second-order valence-corrected chi connectivity index (χ2v) is 2.94. The number of hydrogen-bond acceptors (Lipinski definition) is 3. The molecule has 0 bridgehead atoms. The first-order valence-corrected chi connectivity index (χ1v) is 4.18. The molecule has 1 aliphatic rings. The summed E-state index contributed by atoms with van der Waals surface area (Å²) < 4.78 is 33.6. The van der Waals surface area contributed by atoms with Crippen LogP contribution in [0.15, 0.2) is 18.2 Å². The number of benzene rings is 1. The van der Waals surface area contributed by atoms with Crippen molar-refractivity contribution in [3.63, 3.8) is 0 Å². The molecular formula is C10H5F2NO3. The number of hydrogen-bond donors (Lipinski definition) is 1. The lowest BCUT2D eigenvalue weighted by Crippen LogP contribution is -2.25. The normalized spacial score (nSPS) is 15.1. The highest BCUT2D eigenvalue weighted by atomic mass is 19.3. The summed E-state index contributed by atoms with van der Waals surface area (Å²) in [5.41, 5.74) is 5.14. The van der Waals surface area contributed by atoms with Crippen LogP contribution in [0.4, 0.5) is 8.78 Å². The predicted octanol–water partition coefficient (Wildman–Crippen LogP) is 0.845. The first-order valence-electron chi connectivity index (χ1n) is 4.18. The Labute approximate surface area is 88.9 Å². The van der Waals surface area contributed by atoms with Crippen LogP contribution in [0.5, 0.6) is 11.5 Å².